The highest BCUT2D eigenvalue weighted by atomic mass is 15.1. The lowest BCUT2D eigenvalue weighted by Crippen LogP contribution is -2.25. The number of rotatable bonds is 24. The van der Waals surface area contributed by atoms with E-state index in [1.165, 1.54) is 128 Å². The van der Waals surface area contributed by atoms with Gasteiger partial charge in [-0.15, -0.1) is 0 Å². The minimum atomic E-state index is 0.816. The van der Waals surface area contributed by atoms with Gasteiger partial charge in [0.1, 0.15) is 0 Å². The van der Waals surface area contributed by atoms with Crippen molar-refractivity contribution in [3.63, 3.8) is 0 Å². The summed E-state index contributed by atoms with van der Waals surface area (Å²) in [5.41, 5.74) is 5.36. The minimum absolute atomic E-state index is 0.816. The lowest BCUT2D eigenvalue weighted by atomic mass is 10.0. The Morgan fingerprint density at radius 3 is 0.839 bits per heavy atom. The molecule has 2 N–H and O–H groups in total. The van der Waals surface area contributed by atoms with Crippen molar-refractivity contribution in [3.05, 3.63) is 0 Å². The van der Waals surface area contributed by atoms with Gasteiger partial charge in [0.05, 0.1) is 0 Å². The van der Waals surface area contributed by atoms with Crippen LogP contribution in [0.15, 0.2) is 0 Å². The number of nitrogens with zero attached hydrogens (tertiary/aromatic N) is 1. The Bertz CT molecular complexity index is 256. The molecule has 190 valence electrons. The first-order chi connectivity index (χ1) is 15.3. The molecule has 0 bridgehead atoms. The van der Waals surface area contributed by atoms with Gasteiger partial charge in [0.25, 0.3) is 0 Å². The van der Waals surface area contributed by atoms with E-state index in [1.807, 2.05) is 0 Å². The zero-order valence-corrected chi connectivity index (χ0v) is 22.7. The van der Waals surface area contributed by atoms with Crippen molar-refractivity contribution in [1.29, 1.82) is 0 Å². The molecule has 2 nitrogen and oxygen atoms in total. The molecule has 31 heavy (non-hydrogen) atoms. The van der Waals surface area contributed by atoms with Crippen LogP contribution >= 0.6 is 0 Å². The van der Waals surface area contributed by atoms with Gasteiger partial charge in [0, 0.05) is 0 Å². The zero-order valence-electron chi connectivity index (χ0n) is 22.7. The molecule has 0 radical (unpaired) electrons. The van der Waals surface area contributed by atoms with Crippen molar-refractivity contribution in [3.8, 4) is 0 Å². The molecular formula is C29H64N2. The second-order valence-electron chi connectivity index (χ2n) is 9.53. The van der Waals surface area contributed by atoms with Gasteiger partial charge in [-0.2, -0.15) is 0 Å². The Kier molecular flexibility index (Phi) is 34.3. The van der Waals surface area contributed by atoms with Crippen molar-refractivity contribution in [2.45, 2.75) is 163 Å². The predicted octanol–water partition coefficient (Wildman–Crippen LogP) is 9.51. The summed E-state index contributed by atoms with van der Waals surface area (Å²) in [5, 5.41) is 0. The number of nitrogens with two attached hydrogens (primary N) is 1. The van der Waals surface area contributed by atoms with Gasteiger partial charge in [-0.1, -0.05) is 156 Å². The van der Waals surface area contributed by atoms with E-state index in [1.54, 1.807) is 0 Å². The van der Waals surface area contributed by atoms with E-state index in [4.69, 9.17) is 5.73 Å². The maximum Gasteiger partial charge on any atom is -0.000695 e. The lowest BCUT2D eigenvalue weighted by Gasteiger charge is -2.16. The summed E-state index contributed by atoms with van der Waals surface area (Å²) in [6.07, 6.45) is 30.5. The van der Waals surface area contributed by atoms with E-state index >= 15 is 0 Å². The third-order valence-corrected chi connectivity index (χ3v) is 6.53. The molecule has 0 rings (SSSR count). The summed E-state index contributed by atoms with van der Waals surface area (Å²) >= 11 is 0. The molecule has 0 aliphatic carbocycles. The maximum atomic E-state index is 5.36. The molecule has 0 saturated heterocycles. The molecule has 0 atom stereocenters. The molecule has 0 amide bonds. The maximum absolute atomic E-state index is 5.36. The van der Waals surface area contributed by atoms with Gasteiger partial charge in [-0.25, -0.2) is 0 Å². The van der Waals surface area contributed by atoms with E-state index in [0.717, 1.165) is 32.6 Å². The molecule has 0 spiro atoms. The largest absolute Gasteiger partial charge is 0.330 e. The van der Waals surface area contributed by atoms with E-state index in [2.05, 4.69) is 32.6 Å². The molecule has 0 unspecified atom stereocenters. The fraction of sp³-hybridized carbons (Fsp3) is 1.00. The Balaban J connectivity index is 0. The normalized spacial score (nSPS) is 11.0. The standard InChI is InChI=1S/C22H46.C7H18N2/c1-3-5-7-9-11-13-15-17-19-21-22-20-18-16-14-12-10-8-6-4-2;1-3-9(4-2)7-5-6-8/h3-22H2,1-2H3;3-8H2,1-2H3. The molecule has 0 aromatic heterocycles. The van der Waals surface area contributed by atoms with Crippen molar-refractivity contribution in [2.24, 2.45) is 5.73 Å². The quantitative estimate of drug-likeness (QED) is 0.151. The first-order valence-electron chi connectivity index (χ1n) is 14.7. The van der Waals surface area contributed by atoms with Gasteiger partial charge in [-0.3, -0.25) is 0 Å². The van der Waals surface area contributed by atoms with Crippen LogP contribution in [0.1, 0.15) is 163 Å². The van der Waals surface area contributed by atoms with Crippen LogP contribution in [-0.4, -0.2) is 31.1 Å². The monoisotopic (exact) mass is 441 g/mol. The van der Waals surface area contributed by atoms with E-state index < -0.39 is 0 Å². The van der Waals surface area contributed by atoms with Crippen molar-refractivity contribution >= 4 is 0 Å². The van der Waals surface area contributed by atoms with Crippen LogP contribution in [0.2, 0.25) is 0 Å². The van der Waals surface area contributed by atoms with Crippen molar-refractivity contribution in [1.82, 2.24) is 4.90 Å². The third-order valence-electron chi connectivity index (χ3n) is 6.53. The fourth-order valence-corrected chi connectivity index (χ4v) is 4.18. The Morgan fingerprint density at radius 1 is 0.387 bits per heavy atom. The van der Waals surface area contributed by atoms with E-state index in [-0.39, 0.29) is 0 Å². The van der Waals surface area contributed by atoms with E-state index in [0.29, 0.717) is 0 Å². The molecule has 0 heterocycles. The van der Waals surface area contributed by atoms with E-state index in [9.17, 15) is 0 Å². The summed E-state index contributed by atoms with van der Waals surface area (Å²) in [6.45, 7) is 13.2. The second-order valence-corrected chi connectivity index (χ2v) is 9.53. The number of hydrogen-bond acceptors (Lipinski definition) is 2. The smallest absolute Gasteiger partial charge is 0.000695 e. The highest BCUT2D eigenvalue weighted by molar-refractivity contribution is 4.52. The van der Waals surface area contributed by atoms with Crippen LogP contribution in [0, 0.1) is 0 Å². The van der Waals surface area contributed by atoms with Gasteiger partial charge >= 0.3 is 0 Å². The Hall–Kier alpha value is -0.0800. The fourth-order valence-electron chi connectivity index (χ4n) is 4.18. The average molecular weight is 441 g/mol. The molecule has 0 fully saturated rings. The first kappa shape index (κ1) is 33.1. The predicted molar refractivity (Wildman–Crippen MR) is 145 cm³/mol. The SMILES string of the molecule is CCCCCCCCCCCCCCCCCCCCCC.CCN(CC)CCCN. The number of unbranched alkanes of at least 4 members (excludes halogenated alkanes) is 19. The number of hydrogen-bond donors (Lipinski definition) is 1. The molecule has 2 heteroatoms. The summed E-state index contributed by atoms with van der Waals surface area (Å²) in [6, 6.07) is 0. The van der Waals surface area contributed by atoms with Crippen molar-refractivity contribution in [2.75, 3.05) is 26.2 Å². The Labute approximate surface area is 199 Å². The van der Waals surface area contributed by atoms with Gasteiger partial charge in [-0.05, 0) is 32.6 Å². The summed E-state index contributed by atoms with van der Waals surface area (Å²) < 4.78 is 0. The van der Waals surface area contributed by atoms with Gasteiger partial charge < -0.3 is 10.6 Å². The molecule has 0 aromatic rings. The average Bonchev–Trinajstić information content (AvgIpc) is 2.79. The highest BCUT2D eigenvalue weighted by Crippen LogP contribution is 2.14. The summed E-state index contributed by atoms with van der Waals surface area (Å²) in [4.78, 5) is 2.38. The molecule has 0 saturated carbocycles. The van der Waals surface area contributed by atoms with Crippen LogP contribution in [-0.2, 0) is 0 Å². The minimum Gasteiger partial charge on any atom is -0.330 e. The van der Waals surface area contributed by atoms with Crippen LogP contribution in [0.4, 0.5) is 0 Å². The van der Waals surface area contributed by atoms with Crippen LogP contribution in [0.3, 0.4) is 0 Å². The lowest BCUT2D eigenvalue weighted by molar-refractivity contribution is 0.302. The van der Waals surface area contributed by atoms with Crippen LogP contribution in [0.25, 0.3) is 0 Å². The molecule has 0 aromatic carbocycles. The van der Waals surface area contributed by atoms with Crippen LogP contribution < -0.4 is 5.73 Å². The summed E-state index contributed by atoms with van der Waals surface area (Å²) in [5.74, 6) is 0. The van der Waals surface area contributed by atoms with Gasteiger partial charge in [0.15, 0.2) is 0 Å². The Morgan fingerprint density at radius 2 is 0.645 bits per heavy atom. The second kappa shape index (κ2) is 32.1. The molecular weight excluding hydrogens is 376 g/mol. The molecule has 0 aliphatic heterocycles. The molecule has 0 aliphatic rings. The highest BCUT2D eigenvalue weighted by Gasteiger charge is 1.96. The summed E-state index contributed by atoms with van der Waals surface area (Å²) in [7, 11) is 0. The van der Waals surface area contributed by atoms with Gasteiger partial charge in [0.2, 0.25) is 0 Å². The first-order valence-corrected chi connectivity index (χ1v) is 14.7. The third kappa shape index (κ3) is 32.2. The van der Waals surface area contributed by atoms with Crippen LogP contribution in [0.5, 0.6) is 0 Å². The zero-order chi connectivity index (χ0) is 23.3. The van der Waals surface area contributed by atoms with Crippen molar-refractivity contribution < 1.29 is 0 Å². The topological polar surface area (TPSA) is 29.3 Å².